The van der Waals surface area contributed by atoms with Crippen LogP contribution in [0.5, 0.6) is 0 Å². The molecular formula is C18H12Cl2F3NO3S. The summed E-state index contributed by atoms with van der Waals surface area (Å²) >= 11 is 11.9. The van der Waals surface area contributed by atoms with Gasteiger partial charge in [-0.05, 0) is 25.1 Å². The minimum atomic E-state index is -4.81. The molecular weight excluding hydrogens is 438 g/mol. The van der Waals surface area contributed by atoms with Gasteiger partial charge in [0.15, 0.2) is 5.76 Å². The zero-order valence-corrected chi connectivity index (χ0v) is 16.5. The molecule has 0 radical (unpaired) electrons. The normalized spacial score (nSPS) is 12.9. The maximum Gasteiger partial charge on any atom is 0.417 e. The first-order valence-electron chi connectivity index (χ1n) is 7.68. The molecule has 2 aromatic rings. The summed E-state index contributed by atoms with van der Waals surface area (Å²) in [4.78, 5) is 0. The van der Waals surface area contributed by atoms with Gasteiger partial charge in [0.2, 0.25) is 0 Å². The molecule has 148 valence electrons. The summed E-state index contributed by atoms with van der Waals surface area (Å²) in [6, 6.07) is 9.81. The van der Waals surface area contributed by atoms with E-state index < -0.39 is 44.5 Å². The number of alkyl halides is 3. The van der Waals surface area contributed by atoms with Crippen LogP contribution >= 0.6 is 23.2 Å². The number of hydrogen-bond acceptors (Lipinski definition) is 4. The van der Waals surface area contributed by atoms with Crippen LogP contribution in [-0.2, 0) is 20.5 Å². The number of nitriles is 1. The Balaban J connectivity index is 2.91. The maximum absolute atomic E-state index is 13.5. The molecule has 0 heterocycles. The SMILES string of the molecule is CCS(=O)(=O)OC(=C(C#N)c1ccc(Cl)cc1Cl)c1ccccc1C(F)(F)F. The predicted molar refractivity (Wildman–Crippen MR) is 101 cm³/mol. The van der Waals surface area contributed by atoms with Crippen molar-refractivity contribution in [3.8, 4) is 6.07 Å². The van der Waals surface area contributed by atoms with E-state index in [0.29, 0.717) is 0 Å². The first-order valence-corrected chi connectivity index (χ1v) is 10.0. The van der Waals surface area contributed by atoms with Crippen LogP contribution in [0, 0.1) is 11.3 Å². The van der Waals surface area contributed by atoms with Crippen LogP contribution in [0.25, 0.3) is 11.3 Å². The Morgan fingerprint density at radius 2 is 1.79 bits per heavy atom. The fourth-order valence-corrected chi connectivity index (χ4v) is 3.31. The molecule has 0 fully saturated rings. The molecule has 28 heavy (non-hydrogen) atoms. The molecule has 0 aromatic heterocycles. The maximum atomic E-state index is 13.5. The lowest BCUT2D eigenvalue weighted by molar-refractivity contribution is -0.137. The van der Waals surface area contributed by atoms with Gasteiger partial charge in [-0.15, -0.1) is 0 Å². The van der Waals surface area contributed by atoms with Crippen LogP contribution in [0.15, 0.2) is 42.5 Å². The lowest BCUT2D eigenvalue weighted by Crippen LogP contribution is -2.14. The van der Waals surface area contributed by atoms with Crippen molar-refractivity contribution in [2.24, 2.45) is 0 Å². The fourth-order valence-electron chi connectivity index (χ4n) is 2.26. The van der Waals surface area contributed by atoms with Gasteiger partial charge in [-0.3, -0.25) is 0 Å². The van der Waals surface area contributed by atoms with E-state index in [1.54, 1.807) is 6.07 Å². The van der Waals surface area contributed by atoms with Gasteiger partial charge in [-0.25, -0.2) is 0 Å². The minimum Gasteiger partial charge on any atom is -0.380 e. The average molecular weight is 450 g/mol. The van der Waals surface area contributed by atoms with Crippen molar-refractivity contribution >= 4 is 44.7 Å². The summed E-state index contributed by atoms with van der Waals surface area (Å²) in [5, 5.41) is 9.79. The van der Waals surface area contributed by atoms with E-state index in [0.717, 1.165) is 18.2 Å². The Labute approximate surface area is 169 Å². The number of benzene rings is 2. The highest BCUT2D eigenvalue weighted by Crippen LogP contribution is 2.39. The van der Waals surface area contributed by atoms with Gasteiger partial charge in [0.25, 0.3) is 0 Å². The lowest BCUT2D eigenvalue weighted by atomic mass is 9.98. The second-order valence-corrected chi connectivity index (χ2v) is 8.12. The van der Waals surface area contributed by atoms with E-state index in [1.807, 2.05) is 0 Å². The van der Waals surface area contributed by atoms with Crippen LogP contribution < -0.4 is 0 Å². The van der Waals surface area contributed by atoms with Gasteiger partial charge >= 0.3 is 16.3 Å². The zero-order valence-electron chi connectivity index (χ0n) is 14.2. The molecule has 0 unspecified atom stereocenters. The first-order chi connectivity index (χ1) is 13.0. The molecule has 0 aliphatic rings. The van der Waals surface area contributed by atoms with Gasteiger partial charge in [-0.2, -0.15) is 26.9 Å². The number of halogens is 5. The summed E-state index contributed by atoms with van der Waals surface area (Å²) in [5.74, 6) is -1.28. The Morgan fingerprint density at radius 1 is 1.14 bits per heavy atom. The Kier molecular flexibility index (Phi) is 6.65. The highest BCUT2D eigenvalue weighted by molar-refractivity contribution is 7.86. The molecule has 0 saturated carbocycles. The van der Waals surface area contributed by atoms with E-state index >= 15 is 0 Å². The molecule has 4 nitrogen and oxygen atoms in total. The van der Waals surface area contributed by atoms with Crippen molar-refractivity contribution in [3.63, 3.8) is 0 Å². The lowest BCUT2D eigenvalue weighted by Gasteiger charge is -2.17. The molecule has 0 aliphatic heterocycles. The molecule has 0 amide bonds. The van der Waals surface area contributed by atoms with E-state index in [4.69, 9.17) is 27.4 Å². The van der Waals surface area contributed by atoms with Crippen LogP contribution in [0.1, 0.15) is 23.6 Å². The minimum absolute atomic E-state index is 0.0214. The summed E-state index contributed by atoms with van der Waals surface area (Å²) in [6.07, 6.45) is -4.81. The molecule has 0 aliphatic carbocycles. The molecule has 10 heteroatoms. The van der Waals surface area contributed by atoms with Crippen molar-refractivity contribution in [2.75, 3.05) is 5.75 Å². The monoisotopic (exact) mass is 449 g/mol. The molecule has 0 atom stereocenters. The second-order valence-electron chi connectivity index (χ2n) is 5.41. The van der Waals surface area contributed by atoms with Crippen molar-refractivity contribution in [1.29, 1.82) is 5.26 Å². The van der Waals surface area contributed by atoms with Gasteiger partial charge in [0, 0.05) is 16.1 Å². The fraction of sp³-hybridized carbons (Fsp3) is 0.167. The van der Waals surface area contributed by atoms with E-state index in [2.05, 4.69) is 0 Å². The number of rotatable bonds is 5. The van der Waals surface area contributed by atoms with E-state index in [9.17, 15) is 26.9 Å². The first kappa shape index (κ1) is 22.1. The third kappa shape index (κ3) is 4.98. The average Bonchev–Trinajstić information content (AvgIpc) is 2.62. The van der Waals surface area contributed by atoms with Crippen LogP contribution in [0.2, 0.25) is 10.0 Å². The Hall–Kier alpha value is -2.21. The van der Waals surface area contributed by atoms with Gasteiger partial charge in [-0.1, -0.05) is 47.5 Å². The van der Waals surface area contributed by atoms with Gasteiger partial charge in [0.05, 0.1) is 16.3 Å². The number of hydrogen-bond donors (Lipinski definition) is 0. The third-order valence-corrected chi connectivity index (χ3v) is 5.26. The van der Waals surface area contributed by atoms with Crippen molar-refractivity contribution in [1.82, 2.24) is 0 Å². The molecule has 0 bridgehead atoms. The van der Waals surface area contributed by atoms with E-state index in [1.165, 1.54) is 31.2 Å². The van der Waals surface area contributed by atoms with Crippen molar-refractivity contribution in [2.45, 2.75) is 13.1 Å². The van der Waals surface area contributed by atoms with Gasteiger partial charge in [0.1, 0.15) is 11.6 Å². The molecule has 2 aromatic carbocycles. The van der Waals surface area contributed by atoms with E-state index in [-0.39, 0.29) is 15.6 Å². The molecule has 0 spiro atoms. The van der Waals surface area contributed by atoms with Crippen molar-refractivity contribution in [3.05, 3.63) is 69.2 Å². The third-order valence-electron chi connectivity index (χ3n) is 3.58. The van der Waals surface area contributed by atoms with Crippen LogP contribution in [0.4, 0.5) is 13.2 Å². The number of nitrogens with zero attached hydrogens (tertiary/aromatic N) is 1. The summed E-state index contributed by atoms with van der Waals surface area (Å²) in [5.41, 5.74) is -2.26. The largest absolute Gasteiger partial charge is 0.417 e. The predicted octanol–water partition coefficient (Wildman–Crippen LogP) is 5.77. The molecule has 0 saturated heterocycles. The topological polar surface area (TPSA) is 67.2 Å². The van der Waals surface area contributed by atoms with Gasteiger partial charge < -0.3 is 4.18 Å². The molecule has 0 N–H and O–H groups in total. The quantitative estimate of drug-likeness (QED) is 0.251. The zero-order chi connectivity index (χ0) is 21.1. The summed E-state index contributed by atoms with van der Waals surface area (Å²) < 4.78 is 69.4. The highest BCUT2D eigenvalue weighted by Gasteiger charge is 2.36. The molecule has 2 rings (SSSR count). The Morgan fingerprint density at radius 3 is 2.32 bits per heavy atom. The number of allylic oxidation sites excluding steroid dienone is 1. The smallest absolute Gasteiger partial charge is 0.380 e. The van der Waals surface area contributed by atoms with Crippen LogP contribution in [-0.4, -0.2) is 14.2 Å². The van der Waals surface area contributed by atoms with Crippen molar-refractivity contribution < 1.29 is 25.8 Å². The second kappa shape index (κ2) is 8.43. The standard InChI is InChI=1S/C18H12Cl2F3NO3S/c1-2-28(25,26)27-17(13-5-3-4-6-15(13)18(21,22)23)14(10-24)12-8-7-11(19)9-16(12)20/h3-9H,2H2,1H3. The Bertz CT molecular complexity index is 1070. The van der Waals surface area contributed by atoms with Crippen LogP contribution in [0.3, 0.4) is 0 Å². The summed E-state index contributed by atoms with van der Waals surface area (Å²) in [7, 11) is -4.26. The summed E-state index contributed by atoms with van der Waals surface area (Å²) in [6.45, 7) is 1.25. The highest BCUT2D eigenvalue weighted by atomic mass is 35.5.